The number of guanidine groups is 1. The van der Waals surface area contributed by atoms with Crippen LogP contribution in [0.15, 0.2) is 4.99 Å². The number of hydrogen-bond acceptors (Lipinski definition) is 4. The van der Waals surface area contributed by atoms with E-state index >= 15 is 0 Å². The zero-order valence-electron chi connectivity index (χ0n) is 17.2. The van der Waals surface area contributed by atoms with Crippen LogP contribution in [0.5, 0.6) is 0 Å². The van der Waals surface area contributed by atoms with Gasteiger partial charge in [-0.1, -0.05) is 13.8 Å². The summed E-state index contributed by atoms with van der Waals surface area (Å²) in [7, 11) is 1.47. The molecular formula is C20H38N4O2. The quantitative estimate of drug-likeness (QED) is 0.324. The van der Waals surface area contributed by atoms with Gasteiger partial charge in [-0.15, -0.1) is 0 Å². The van der Waals surface area contributed by atoms with Crippen LogP contribution in [-0.4, -0.2) is 74.7 Å². The molecule has 150 valence electrons. The molecule has 2 rings (SSSR count). The van der Waals surface area contributed by atoms with Gasteiger partial charge in [0.2, 0.25) is 0 Å². The van der Waals surface area contributed by atoms with E-state index in [-0.39, 0.29) is 11.9 Å². The fourth-order valence-corrected chi connectivity index (χ4v) is 3.94. The molecular weight excluding hydrogens is 328 g/mol. The Morgan fingerprint density at radius 3 is 2.58 bits per heavy atom. The van der Waals surface area contributed by atoms with Gasteiger partial charge in [0.25, 0.3) is 0 Å². The predicted octanol–water partition coefficient (Wildman–Crippen LogP) is 2.20. The lowest BCUT2D eigenvalue weighted by atomic mass is 9.99. The third-order valence-corrected chi connectivity index (χ3v) is 5.77. The fourth-order valence-electron chi connectivity index (χ4n) is 3.94. The van der Waals surface area contributed by atoms with Gasteiger partial charge < -0.3 is 19.9 Å². The van der Waals surface area contributed by atoms with Gasteiger partial charge in [-0.3, -0.25) is 9.79 Å². The highest BCUT2D eigenvalue weighted by atomic mass is 16.5. The Hall–Kier alpha value is -1.30. The van der Waals surface area contributed by atoms with E-state index in [1.165, 1.54) is 46.0 Å². The molecule has 0 aromatic rings. The van der Waals surface area contributed by atoms with Crippen LogP contribution in [0.1, 0.15) is 46.5 Å². The number of nitrogens with one attached hydrogen (secondary N) is 1. The maximum absolute atomic E-state index is 11.9. The second kappa shape index (κ2) is 10.8. The number of unbranched alkanes of at least 4 members (excludes halogenated alkanes) is 1. The molecule has 2 aliphatic rings. The first-order chi connectivity index (χ1) is 12.5. The number of ether oxygens (including phenoxy) is 1. The highest BCUT2D eigenvalue weighted by molar-refractivity contribution is 5.82. The first kappa shape index (κ1) is 21.0. The second-order valence-corrected chi connectivity index (χ2v) is 7.98. The average Bonchev–Trinajstić information content (AvgIpc) is 3.03. The molecule has 2 fully saturated rings. The summed E-state index contributed by atoms with van der Waals surface area (Å²) in [5.41, 5.74) is 0. The van der Waals surface area contributed by atoms with Crippen LogP contribution in [0.2, 0.25) is 0 Å². The lowest BCUT2D eigenvalue weighted by Gasteiger charge is -2.30. The largest absolute Gasteiger partial charge is 0.469 e. The molecule has 0 amide bonds. The Balaban J connectivity index is 1.75. The van der Waals surface area contributed by atoms with Crippen molar-refractivity contribution >= 4 is 11.9 Å². The Labute approximate surface area is 159 Å². The van der Waals surface area contributed by atoms with Gasteiger partial charge in [0, 0.05) is 26.2 Å². The first-order valence-corrected chi connectivity index (χ1v) is 10.4. The van der Waals surface area contributed by atoms with E-state index < -0.39 is 0 Å². The smallest absolute Gasteiger partial charge is 0.310 e. The maximum atomic E-state index is 11.9. The number of carbonyl (C=O) groups excluding carboxylic acids is 1. The van der Waals surface area contributed by atoms with Crippen molar-refractivity contribution in [1.82, 2.24) is 15.1 Å². The summed E-state index contributed by atoms with van der Waals surface area (Å²) in [6, 6.07) is 0. The molecule has 2 saturated heterocycles. The van der Waals surface area contributed by atoms with Gasteiger partial charge in [0.05, 0.1) is 13.0 Å². The molecule has 1 N–H and O–H groups in total. The molecule has 0 aliphatic carbocycles. The number of likely N-dealkylation sites (tertiary alicyclic amines) is 2. The standard InChI is InChI=1S/C20H38N4O2/c1-5-21-20(24-14-17(3)18(15-24)19(25)26-4)22-10-6-7-11-23-12-8-16(2)9-13-23/h16-18H,5-15H2,1-4H3,(H,21,22). The third-order valence-electron chi connectivity index (χ3n) is 5.77. The van der Waals surface area contributed by atoms with Crippen LogP contribution in [0.25, 0.3) is 0 Å². The Bertz CT molecular complexity index is 461. The number of aliphatic imine (C=N–C) groups is 1. The number of nitrogens with zero attached hydrogens (tertiary/aromatic N) is 3. The minimum absolute atomic E-state index is 0.0506. The number of hydrogen-bond donors (Lipinski definition) is 1. The topological polar surface area (TPSA) is 57.2 Å². The minimum Gasteiger partial charge on any atom is -0.469 e. The number of methoxy groups -OCH3 is 1. The number of rotatable bonds is 7. The molecule has 26 heavy (non-hydrogen) atoms. The summed E-state index contributed by atoms with van der Waals surface area (Å²) in [5.74, 6) is 1.98. The van der Waals surface area contributed by atoms with E-state index in [1.807, 2.05) is 0 Å². The molecule has 0 aromatic heterocycles. The Morgan fingerprint density at radius 2 is 1.92 bits per heavy atom. The normalized spacial score (nSPS) is 25.5. The van der Waals surface area contributed by atoms with Crippen LogP contribution < -0.4 is 5.32 Å². The summed E-state index contributed by atoms with van der Waals surface area (Å²) in [6.07, 6.45) is 5.01. The summed E-state index contributed by atoms with van der Waals surface area (Å²) < 4.78 is 4.94. The maximum Gasteiger partial charge on any atom is 0.310 e. The summed E-state index contributed by atoms with van der Waals surface area (Å²) in [4.78, 5) is 21.5. The van der Waals surface area contributed by atoms with Crippen LogP contribution >= 0.6 is 0 Å². The van der Waals surface area contributed by atoms with Crippen LogP contribution in [-0.2, 0) is 9.53 Å². The van der Waals surface area contributed by atoms with Crippen molar-refractivity contribution in [1.29, 1.82) is 0 Å². The molecule has 6 heteroatoms. The molecule has 0 saturated carbocycles. The zero-order valence-corrected chi connectivity index (χ0v) is 17.2. The van der Waals surface area contributed by atoms with E-state index in [9.17, 15) is 4.79 Å². The molecule has 6 nitrogen and oxygen atoms in total. The molecule has 0 bridgehead atoms. The molecule has 0 aromatic carbocycles. The van der Waals surface area contributed by atoms with Gasteiger partial charge in [-0.05, 0) is 64.1 Å². The molecule has 2 atom stereocenters. The van der Waals surface area contributed by atoms with Crippen molar-refractivity contribution in [3.8, 4) is 0 Å². The van der Waals surface area contributed by atoms with E-state index in [1.54, 1.807) is 0 Å². The number of esters is 1. The van der Waals surface area contributed by atoms with E-state index in [4.69, 9.17) is 9.73 Å². The van der Waals surface area contributed by atoms with E-state index in [0.29, 0.717) is 12.5 Å². The minimum atomic E-state index is -0.105. The van der Waals surface area contributed by atoms with Gasteiger partial charge in [-0.25, -0.2) is 0 Å². The fraction of sp³-hybridized carbons (Fsp3) is 0.900. The lowest BCUT2D eigenvalue weighted by Crippen LogP contribution is -2.40. The van der Waals surface area contributed by atoms with Crippen molar-refractivity contribution in [3.63, 3.8) is 0 Å². The molecule has 0 spiro atoms. The second-order valence-electron chi connectivity index (χ2n) is 7.98. The summed E-state index contributed by atoms with van der Waals surface area (Å²) in [6.45, 7) is 13.5. The first-order valence-electron chi connectivity index (χ1n) is 10.4. The average molecular weight is 367 g/mol. The summed E-state index contributed by atoms with van der Waals surface area (Å²) >= 11 is 0. The van der Waals surface area contributed by atoms with Crippen LogP contribution in [0.3, 0.4) is 0 Å². The van der Waals surface area contributed by atoms with Gasteiger partial charge in [-0.2, -0.15) is 0 Å². The van der Waals surface area contributed by atoms with Crippen LogP contribution in [0, 0.1) is 17.8 Å². The van der Waals surface area contributed by atoms with Gasteiger partial charge in [0.15, 0.2) is 5.96 Å². The van der Waals surface area contributed by atoms with Crippen molar-refractivity contribution < 1.29 is 9.53 Å². The highest BCUT2D eigenvalue weighted by Crippen LogP contribution is 2.24. The van der Waals surface area contributed by atoms with Crippen molar-refractivity contribution in [2.24, 2.45) is 22.7 Å². The van der Waals surface area contributed by atoms with Crippen molar-refractivity contribution in [2.45, 2.75) is 46.5 Å². The van der Waals surface area contributed by atoms with Crippen molar-refractivity contribution in [3.05, 3.63) is 0 Å². The lowest BCUT2D eigenvalue weighted by molar-refractivity contribution is -0.145. The van der Waals surface area contributed by atoms with E-state index in [0.717, 1.165) is 37.9 Å². The third kappa shape index (κ3) is 6.15. The van der Waals surface area contributed by atoms with Gasteiger partial charge >= 0.3 is 5.97 Å². The van der Waals surface area contributed by atoms with E-state index in [2.05, 4.69) is 35.9 Å². The number of piperidine rings is 1. The molecule has 2 aliphatic heterocycles. The Kier molecular flexibility index (Phi) is 8.69. The molecule has 0 radical (unpaired) electrons. The van der Waals surface area contributed by atoms with Gasteiger partial charge in [0.1, 0.15) is 0 Å². The Morgan fingerprint density at radius 1 is 1.19 bits per heavy atom. The highest BCUT2D eigenvalue weighted by Gasteiger charge is 2.36. The molecule has 2 unspecified atom stereocenters. The van der Waals surface area contributed by atoms with Crippen LogP contribution in [0.4, 0.5) is 0 Å². The SMILES string of the molecule is CCNC(=NCCCCN1CCC(C)CC1)N1CC(C)C(C(=O)OC)C1. The predicted molar refractivity (Wildman–Crippen MR) is 106 cm³/mol. The summed E-state index contributed by atoms with van der Waals surface area (Å²) in [5, 5.41) is 3.38. The molecule has 2 heterocycles. The monoisotopic (exact) mass is 366 g/mol. The van der Waals surface area contributed by atoms with Crippen molar-refractivity contribution in [2.75, 3.05) is 52.9 Å². The zero-order chi connectivity index (χ0) is 18.9. The number of carbonyl (C=O) groups is 1.